The largest absolute Gasteiger partial charge is 0.372 e. The molecule has 8 nitrogen and oxygen atoms in total. The molecule has 1 heterocycles. The van der Waals surface area contributed by atoms with Crippen molar-refractivity contribution in [2.24, 2.45) is 0 Å². The van der Waals surface area contributed by atoms with Gasteiger partial charge in [0.1, 0.15) is 17.3 Å². The monoisotopic (exact) mass is 375 g/mol. The number of benzene rings is 2. The van der Waals surface area contributed by atoms with Gasteiger partial charge in [-0.25, -0.2) is 0 Å². The van der Waals surface area contributed by atoms with Crippen molar-refractivity contribution in [2.45, 2.75) is 6.92 Å². The van der Waals surface area contributed by atoms with E-state index in [4.69, 9.17) is 4.52 Å². The van der Waals surface area contributed by atoms with Crippen LogP contribution in [0.2, 0.25) is 0 Å². The minimum Gasteiger partial charge on any atom is -0.372 e. The van der Waals surface area contributed by atoms with Gasteiger partial charge in [0.15, 0.2) is 0 Å². The molecule has 0 aliphatic heterocycles. The van der Waals surface area contributed by atoms with Gasteiger partial charge in [-0.2, -0.15) is 10.2 Å². The molecule has 3 aromatic rings. The van der Waals surface area contributed by atoms with Crippen LogP contribution in [0.15, 0.2) is 47.0 Å². The molecule has 0 unspecified atom stereocenters. The van der Waals surface area contributed by atoms with Gasteiger partial charge in [-0.1, -0.05) is 41.1 Å². The molecule has 0 radical (unpaired) electrons. The smallest absolute Gasteiger partial charge is 0.293 e. The Morgan fingerprint density at radius 2 is 1.96 bits per heavy atom. The second-order valence-corrected chi connectivity index (χ2v) is 6.36. The van der Waals surface area contributed by atoms with E-state index in [1.807, 2.05) is 37.3 Å². The lowest BCUT2D eigenvalue weighted by Gasteiger charge is -2.12. The molecule has 0 aliphatic rings. The van der Waals surface area contributed by atoms with E-state index in [0.29, 0.717) is 17.1 Å². The van der Waals surface area contributed by atoms with Gasteiger partial charge in [0, 0.05) is 25.7 Å². The molecule has 0 spiro atoms. The average molecular weight is 375 g/mol. The molecular formula is C20H17N5O3. The normalized spacial score (nSPS) is 11.1. The van der Waals surface area contributed by atoms with Crippen molar-refractivity contribution >= 4 is 23.0 Å². The van der Waals surface area contributed by atoms with Crippen LogP contribution in [0.3, 0.4) is 0 Å². The zero-order chi connectivity index (χ0) is 20.3. The van der Waals surface area contributed by atoms with Crippen molar-refractivity contribution < 1.29 is 9.45 Å². The molecule has 0 bridgehead atoms. The topological polar surface area (TPSA) is 109 Å². The Morgan fingerprint density at radius 1 is 1.25 bits per heavy atom. The Balaban J connectivity index is 1.97. The number of hydrogen-bond donors (Lipinski definition) is 0. The first-order chi connectivity index (χ1) is 13.4. The number of allylic oxidation sites excluding steroid dienone is 1. The van der Waals surface area contributed by atoms with Gasteiger partial charge < -0.3 is 9.42 Å². The zero-order valence-corrected chi connectivity index (χ0v) is 15.6. The highest BCUT2D eigenvalue weighted by Gasteiger charge is 2.17. The first kappa shape index (κ1) is 18.8. The van der Waals surface area contributed by atoms with Crippen molar-refractivity contribution in [3.05, 3.63) is 69.6 Å². The molecule has 2 aromatic carbocycles. The van der Waals surface area contributed by atoms with Crippen LogP contribution in [0.25, 0.3) is 23.0 Å². The average Bonchev–Trinajstić information content (AvgIpc) is 3.16. The molecule has 0 N–H and O–H groups in total. The van der Waals surface area contributed by atoms with Crippen molar-refractivity contribution in [3.63, 3.8) is 0 Å². The number of anilines is 1. The standard InChI is InChI=1S/C20H17N5O3/c1-13-4-7-15(8-5-13)19-22-20(28-23-19)16(12-21)10-14-6-9-17(24(2)3)18(11-14)25(26)27/h4-11H,1-3H3/b16-10+. The van der Waals surface area contributed by atoms with Crippen LogP contribution in [0.4, 0.5) is 11.4 Å². The van der Waals surface area contributed by atoms with E-state index >= 15 is 0 Å². The summed E-state index contributed by atoms with van der Waals surface area (Å²) in [5.74, 6) is 0.419. The molecule has 28 heavy (non-hydrogen) atoms. The van der Waals surface area contributed by atoms with Gasteiger partial charge in [0.25, 0.3) is 11.6 Å². The lowest BCUT2D eigenvalue weighted by atomic mass is 10.1. The molecule has 8 heteroatoms. The predicted molar refractivity (Wildman–Crippen MR) is 105 cm³/mol. The summed E-state index contributed by atoms with van der Waals surface area (Å²) in [6.45, 7) is 1.97. The number of aryl methyl sites for hydroxylation is 1. The van der Waals surface area contributed by atoms with E-state index in [9.17, 15) is 15.4 Å². The molecule has 0 aliphatic carbocycles. The maximum atomic E-state index is 11.3. The van der Waals surface area contributed by atoms with Crippen LogP contribution in [0, 0.1) is 28.4 Å². The van der Waals surface area contributed by atoms with Crippen molar-refractivity contribution in [2.75, 3.05) is 19.0 Å². The van der Waals surface area contributed by atoms with Gasteiger partial charge in [-0.15, -0.1) is 0 Å². The van der Waals surface area contributed by atoms with Crippen molar-refractivity contribution in [3.8, 4) is 17.5 Å². The highest BCUT2D eigenvalue weighted by molar-refractivity contribution is 5.87. The molecule has 1 aromatic heterocycles. The second kappa shape index (κ2) is 7.72. The highest BCUT2D eigenvalue weighted by atomic mass is 16.6. The summed E-state index contributed by atoms with van der Waals surface area (Å²) >= 11 is 0. The maximum absolute atomic E-state index is 11.3. The minimum atomic E-state index is -0.457. The fraction of sp³-hybridized carbons (Fsp3) is 0.150. The van der Waals surface area contributed by atoms with Gasteiger partial charge in [-0.05, 0) is 24.6 Å². The maximum Gasteiger partial charge on any atom is 0.293 e. The summed E-state index contributed by atoms with van der Waals surface area (Å²) in [5, 5.41) is 24.7. The molecule has 0 saturated heterocycles. The van der Waals surface area contributed by atoms with E-state index in [2.05, 4.69) is 10.1 Å². The number of rotatable bonds is 5. The number of nitro benzene ring substituents is 1. The van der Waals surface area contributed by atoms with E-state index in [-0.39, 0.29) is 17.2 Å². The van der Waals surface area contributed by atoms with Gasteiger partial charge in [0.05, 0.1) is 4.92 Å². The molecule has 0 amide bonds. The Bertz CT molecular complexity index is 1090. The molecular weight excluding hydrogens is 358 g/mol. The number of hydrogen-bond acceptors (Lipinski definition) is 7. The van der Waals surface area contributed by atoms with E-state index in [0.717, 1.165) is 11.1 Å². The fourth-order valence-corrected chi connectivity index (χ4v) is 2.62. The molecule has 0 atom stereocenters. The van der Waals surface area contributed by atoms with Gasteiger partial charge in [-0.3, -0.25) is 10.1 Å². The van der Waals surface area contributed by atoms with E-state index in [1.54, 1.807) is 31.1 Å². The Morgan fingerprint density at radius 3 is 2.57 bits per heavy atom. The van der Waals surface area contributed by atoms with Crippen LogP contribution < -0.4 is 4.90 Å². The van der Waals surface area contributed by atoms with Crippen LogP contribution in [-0.2, 0) is 0 Å². The summed E-state index contributed by atoms with van der Waals surface area (Å²) in [6.07, 6.45) is 1.48. The van der Waals surface area contributed by atoms with Crippen molar-refractivity contribution in [1.82, 2.24) is 10.1 Å². The second-order valence-electron chi connectivity index (χ2n) is 6.36. The summed E-state index contributed by atoms with van der Waals surface area (Å²) in [6, 6.07) is 14.3. The number of nitro groups is 1. The molecule has 3 rings (SSSR count). The van der Waals surface area contributed by atoms with E-state index in [1.165, 1.54) is 12.1 Å². The predicted octanol–water partition coefficient (Wildman–Crippen LogP) is 4.08. The summed E-state index contributed by atoms with van der Waals surface area (Å²) in [5.41, 5.74) is 2.90. The third-order valence-electron chi connectivity index (χ3n) is 4.08. The van der Waals surface area contributed by atoms with Crippen LogP contribution in [0.1, 0.15) is 17.0 Å². The van der Waals surface area contributed by atoms with Crippen molar-refractivity contribution in [1.29, 1.82) is 5.26 Å². The first-order valence-electron chi connectivity index (χ1n) is 8.37. The molecule has 0 saturated carbocycles. The Hall–Kier alpha value is -3.99. The minimum absolute atomic E-state index is 0.0532. The zero-order valence-electron chi connectivity index (χ0n) is 15.6. The number of aromatic nitrogens is 2. The summed E-state index contributed by atoms with van der Waals surface area (Å²) < 4.78 is 5.22. The lowest BCUT2D eigenvalue weighted by Crippen LogP contribution is -2.11. The van der Waals surface area contributed by atoms with E-state index < -0.39 is 4.92 Å². The fourth-order valence-electron chi connectivity index (χ4n) is 2.62. The molecule has 0 fully saturated rings. The third kappa shape index (κ3) is 3.88. The van der Waals surface area contributed by atoms with Gasteiger partial charge in [0.2, 0.25) is 5.82 Å². The Kier molecular flexibility index (Phi) is 5.18. The summed E-state index contributed by atoms with van der Waals surface area (Å²) in [7, 11) is 3.45. The van der Waals surface area contributed by atoms with Crippen LogP contribution >= 0.6 is 0 Å². The van der Waals surface area contributed by atoms with Crippen LogP contribution in [0.5, 0.6) is 0 Å². The highest BCUT2D eigenvalue weighted by Crippen LogP contribution is 2.29. The SMILES string of the molecule is Cc1ccc(-c2noc(/C(C#N)=C/c3ccc(N(C)C)c([N+](=O)[O-])c3)n2)cc1. The number of nitriles is 1. The molecule has 140 valence electrons. The third-order valence-corrected chi connectivity index (χ3v) is 4.08. The first-order valence-corrected chi connectivity index (χ1v) is 8.37. The summed E-state index contributed by atoms with van der Waals surface area (Å²) in [4.78, 5) is 16.8. The Labute approximate surface area is 161 Å². The van der Waals surface area contributed by atoms with Gasteiger partial charge >= 0.3 is 0 Å². The number of nitrogens with zero attached hydrogens (tertiary/aromatic N) is 5. The quantitative estimate of drug-likeness (QED) is 0.375. The van der Waals surface area contributed by atoms with Crippen LogP contribution in [-0.4, -0.2) is 29.2 Å². The lowest BCUT2D eigenvalue weighted by molar-refractivity contribution is -0.384.